The Morgan fingerprint density at radius 3 is 2.67 bits per heavy atom. The van der Waals surface area contributed by atoms with Gasteiger partial charge >= 0.3 is 0 Å². The molecule has 4 rings (SSSR count). The largest absolute Gasteiger partial charge is 0.504 e. The van der Waals surface area contributed by atoms with Crippen LogP contribution in [0, 0.1) is 6.92 Å². The zero-order valence-electron chi connectivity index (χ0n) is 15.0. The summed E-state index contributed by atoms with van der Waals surface area (Å²) in [6, 6.07) is 6.87. The second kappa shape index (κ2) is 6.83. The van der Waals surface area contributed by atoms with Gasteiger partial charge < -0.3 is 24.7 Å². The minimum atomic E-state index is -0.266. The van der Waals surface area contributed by atoms with E-state index in [4.69, 9.17) is 4.74 Å². The Morgan fingerprint density at radius 2 is 1.93 bits per heavy atom. The first-order valence-electron chi connectivity index (χ1n) is 8.98. The van der Waals surface area contributed by atoms with Gasteiger partial charge in [0.25, 0.3) is 11.5 Å². The maximum atomic E-state index is 12.9. The van der Waals surface area contributed by atoms with Gasteiger partial charge in [-0.15, -0.1) is 0 Å². The Labute approximate surface area is 155 Å². The minimum absolute atomic E-state index is 0.0593. The van der Waals surface area contributed by atoms with Crippen molar-refractivity contribution >= 4 is 16.8 Å². The second-order valence-corrected chi connectivity index (χ2v) is 6.83. The Kier molecular flexibility index (Phi) is 4.35. The number of amides is 1. The number of aromatic amines is 2. The lowest BCUT2D eigenvalue weighted by molar-refractivity contribution is 0.0592. The van der Waals surface area contributed by atoms with Crippen LogP contribution in [-0.4, -0.2) is 45.1 Å². The van der Waals surface area contributed by atoms with Gasteiger partial charge in [0.2, 0.25) is 0 Å². The van der Waals surface area contributed by atoms with Crippen LogP contribution in [0.1, 0.15) is 28.8 Å². The second-order valence-electron chi connectivity index (χ2n) is 6.83. The molecule has 1 aromatic carbocycles. The Balaban J connectivity index is 1.47. The van der Waals surface area contributed by atoms with E-state index in [1.54, 1.807) is 35.5 Å². The summed E-state index contributed by atoms with van der Waals surface area (Å²) in [5, 5.41) is 10.2. The van der Waals surface area contributed by atoms with Crippen LogP contribution in [0.25, 0.3) is 10.9 Å². The highest BCUT2D eigenvalue weighted by Gasteiger charge is 2.27. The molecule has 1 aliphatic heterocycles. The van der Waals surface area contributed by atoms with Gasteiger partial charge in [-0.25, -0.2) is 0 Å². The number of hydrogen-bond acceptors (Lipinski definition) is 4. The SMILES string of the molecule is Cc1c[nH]c(=O)c2c(C(=O)N3CCC(Oc4ccccc4O)CC3)c[nH]c12. The van der Waals surface area contributed by atoms with Crippen LogP contribution in [0.4, 0.5) is 0 Å². The lowest BCUT2D eigenvalue weighted by atomic mass is 10.1. The molecule has 0 aliphatic carbocycles. The van der Waals surface area contributed by atoms with Crippen molar-refractivity contribution in [2.45, 2.75) is 25.9 Å². The van der Waals surface area contributed by atoms with Gasteiger partial charge in [0.05, 0.1) is 16.5 Å². The molecule has 0 bridgehead atoms. The summed E-state index contributed by atoms with van der Waals surface area (Å²) < 4.78 is 5.86. The zero-order chi connectivity index (χ0) is 19.0. The van der Waals surface area contributed by atoms with E-state index in [9.17, 15) is 14.7 Å². The average Bonchev–Trinajstić information content (AvgIpc) is 3.13. The summed E-state index contributed by atoms with van der Waals surface area (Å²) in [5.74, 6) is 0.420. The smallest absolute Gasteiger partial charge is 0.258 e. The zero-order valence-corrected chi connectivity index (χ0v) is 15.0. The van der Waals surface area contributed by atoms with Crippen LogP contribution in [0.5, 0.6) is 11.5 Å². The van der Waals surface area contributed by atoms with Gasteiger partial charge in [0.1, 0.15) is 6.10 Å². The number of phenols is 1. The third-order valence-electron chi connectivity index (χ3n) is 5.04. The topological polar surface area (TPSA) is 98.4 Å². The van der Waals surface area contributed by atoms with Crippen LogP contribution in [0.3, 0.4) is 0 Å². The van der Waals surface area contributed by atoms with Gasteiger partial charge in [0.15, 0.2) is 11.5 Å². The highest BCUT2D eigenvalue weighted by atomic mass is 16.5. The molecule has 3 aromatic rings. The Morgan fingerprint density at radius 1 is 1.19 bits per heavy atom. The van der Waals surface area contributed by atoms with Crippen molar-refractivity contribution in [3.8, 4) is 11.5 Å². The number of rotatable bonds is 3. The van der Waals surface area contributed by atoms with E-state index >= 15 is 0 Å². The molecule has 0 saturated carbocycles. The van der Waals surface area contributed by atoms with Gasteiger partial charge in [-0.3, -0.25) is 9.59 Å². The molecule has 3 N–H and O–H groups in total. The van der Waals surface area contributed by atoms with Crippen LogP contribution < -0.4 is 10.3 Å². The quantitative estimate of drug-likeness (QED) is 0.662. The van der Waals surface area contributed by atoms with Crippen LogP contribution in [-0.2, 0) is 0 Å². The first kappa shape index (κ1) is 17.2. The number of benzene rings is 1. The molecule has 0 atom stereocenters. The number of pyridine rings is 1. The molecular weight excluding hydrogens is 346 g/mol. The van der Waals surface area contributed by atoms with E-state index in [1.807, 2.05) is 13.0 Å². The number of para-hydroxylation sites is 2. The molecule has 140 valence electrons. The number of aromatic hydroxyl groups is 1. The molecule has 27 heavy (non-hydrogen) atoms. The maximum Gasteiger partial charge on any atom is 0.258 e. The molecule has 1 saturated heterocycles. The molecule has 1 aliphatic rings. The van der Waals surface area contributed by atoms with E-state index in [-0.39, 0.29) is 23.3 Å². The molecule has 1 amide bonds. The predicted molar refractivity (Wildman–Crippen MR) is 101 cm³/mol. The number of fused-ring (bicyclic) bond motifs is 1. The molecule has 2 aromatic heterocycles. The molecule has 1 fully saturated rings. The fourth-order valence-corrected chi connectivity index (χ4v) is 3.54. The van der Waals surface area contributed by atoms with E-state index in [1.165, 1.54) is 0 Å². The number of likely N-dealkylation sites (tertiary alicyclic amines) is 1. The number of aromatic nitrogens is 2. The molecule has 0 radical (unpaired) electrons. The number of nitrogens with zero attached hydrogens (tertiary/aromatic N) is 1. The lowest BCUT2D eigenvalue weighted by Gasteiger charge is -2.32. The summed E-state index contributed by atoms with van der Waals surface area (Å²) in [6.07, 6.45) is 4.52. The first-order chi connectivity index (χ1) is 13.0. The van der Waals surface area contributed by atoms with Crippen molar-refractivity contribution in [2.24, 2.45) is 0 Å². The van der Waals surface area contributed by atoms with E-state index in [2.05, 4.69) is 9.97 Å². The predicted octanol–water partition coefficient (Wildman–Crippen LogP) is 2.55. The third kappa shape index (κ3) is 3.16. The lowest BCUT2D eigenvalue weighted by Crippen LogP contribution is -2.41. The molecule has 0 unspecified atom stereocenters. The molecule has 7 nitrogen and oxygen atoms in total. The molecule has 7 heteroatoms. The summed E-state index contributed by atoms with van der Waals surface area (Å²) in [5.41, 5.74) is 1.71. The van der Waals surface area contributed by atoms with Gasteiger partial charge in [0, 0.05) is 38.3 Å². The van der Waals surface area contributed by atoms with Crippen molar-refractivity contribution in [1.82, 2.24) is 14.9 Å². The number of piperidine rings is 1. The number of aryl methyl sites for hydroxylation is 1. The van der Waals surface area contributed by atoms with Gasteiger partial charge in [-0.1, -0.05) is 12.1 Å². The summed E-state index contributed by atoms with van der Waals surface area (Å²) in [4.78, 5) is 32.6. The monoisotopic (exact) mass is 367 g/mol. The highest BCUT2D eigenvalue weighted by molar-refractivity contribution is 6.07. The maximum absolute atomic E-state index is 12.9. The normalized spacial score (nSPS) is 15.2. The summed E-state index contributed by atoms with van der Waals surface area (Å²) >= 11 is 0. The number of carbonyl (C=O) groups excluding carboxylic acids is 1. The van der Waals surface area contributed by atoms with Crippen molar-refractivity contribution in [1.29, 1.82) is 0 Å². The van der Waals surface area contributed by atoms with Gasteiger partial charge in [-0.2, -0.15) is 0 Å². The summed E-state index contributed by atoms with van der Waals surface area (Å²) in [6.45, 7) is 2.95. The van der Waals surface area contributed by atoms with Crippen molar-refractivity contribution in [3.05, 3.63) is 58.1 Å². The van der Waals surface area contributed by atoms with E-state index < -0.39 is 0 Å². The highest BCUT2D eigenvalue weighted by Crippen LogP contribution is 2.28. The number of carbonyl (C=O) groups is 1. The van der Waals surface area contributed by atoms with Crippen molar-refractivity contribution in [2.75, 3.05) is 13.1 Å². The van der Waals surface area contributed by atoms with Crippen LogP contribution >= 0.6 is 0 Å². The molecule has 0 spiro atoms. The van der Waals surface area contributed by atoms with E-state index in [0.717, 1.165) is 5.56 Å². The van der Waals surface area contributed by atoms with Crippen LogP contribution in [0.15, 0.2) is 41.5 Å². The van der Waals surface area contributed by atoms with E-state index in [0.29, 0.717) is 48.1 Å². The standard InChI is InChI=1S/C20H21N3O4/c1-12-10-22-19(25)17-14(11-21-18(12)17)20(26)23-8-6-13(7-9-23)27-16-5-3-2-4-15(16)24/h2-5,10-11,13,21,24H,6-9H2,1H3,(H,22,25). The van der Waals surface area contributed by atoms with Gasteiger partial charge in [-0.05, 0) is 24.6 Å². The molecule has 3 heterocycles. The number of ether oxygens (including phenoxy) is 1. The molecular formula is C20H21N3O4. The number of H-pyrrole nitrogens is 2. The number of phenolic OH excluding ortho intramolecular Hbond substituents is 1. The summed E-state index contributed by atoms with van der Waals surface area (Å²) in [7, 11) is 0. The fraction of sp³-hybridized carbons (Fsp3) is 0.300. The van der Waals surface area contributed by atoms with Crippen molar-refractivity contribution < 1.29 is 14.6 Å². The number of hydrogen-bond donors (Lipinski definition) is 3. The Hall–Kier alpha value is -3.22. The average molecular weight is 367 g/mol. The third-order valence-corrected chi connectivity index (χ3v) is 5.04. The minimum Gasteiger partial charge on any atom is -0.504 e. The van der Waals surface area contributed by atoms with Crippen LogP contribution in [0.2, 0.25) is 0 Å². The van der Waals surface area contributed by atoms with Crippen molar-refractivity contribution in [3.63, 3.8) is 0 Å². The fourth-order valence-electron chi connectivity index (χ4n) is 3.54. The Bertz CT molecular complexity index is 1040. The first-order valence-corrected chi connectivity index (χ1v) is 8.98. The number of nitrogens with one attached hydrogen (secondary N) is 2.